The molecule has 0 atom stereocenters. The van der Waals surface area contributed by atoms with Crippen molar-refractivity contribution in [3.63, 3.8) is 0 Å². The lowest BCUT2D eigenvalue weighted by atomic mass is 10.3. The monoisotopic (exact) mass is 196 g/mol. The number of carbonyl (C=O) groups is 1. The molecule has 3 nitrogen and oxygen atoms in total. The average Bonchev–Trinajstić information content (AvgIpc) is 1.81. The number of carbonyl (C=O) groups excluding carboxylic acids is 1. The Balaban J connectivity index is 4.67. The van der Waals surface area contributed by atoms with Crippen LogP contribution < -0.4 is 5.43 Å². The first-order chi connectivity index (χ1) is 5.73. The molecule has 0 radical (unpaired) electrons. The van der Waals surface area contributed by atoms with Gasteiger partial charge in [0, 0.05) is 20.2 Å². The lowest BCUT2D eigenvalue weighted by molar-refractivity contribution is -0.116. The van der Waals surface area contributed by atoms with Crippen LogP contribution in [0.25, 0.3) is 0 Å². The summed E-state index contributed by atoms with van der Waals surface area (Å²) in [7, 11) is 2.80. The Labute approximate surface area is 74.2 Å². The highest BCUT2D eigenvalue weighted by molar-refractivity contribution is 5.88. The fraction of sp³-hybridized carbons (Fsp3) is 0.571. The highest BCUT2D eigenvalue weighted by atomic mass is 19.4. The van der Waals surface area contributed by atoms with E-state index in [0.29, 0.717) is 6.08 Å². The first-order valence-corrected chi connectivity index (χ1v) is 3.47. The third-order valence-corrected chi connectivity index (χ3v) is 0.997. The largest absolute Gasteiger partial charge is 0.432 e. The summed E-state index contributed by atoms with van der Waals surface area (Å²) in [6.07, 6.45) is -4.02. The summed E-state index contributed by atoms with van der Waals surface area (Å²) in [5, 5.41) is 1.11. The smallest absolute Gasteiger partial charge is 0.315 e. The van der Waals surface area contributed by atoms with Gasteiger partial charge < -0.3 is 5.43 Å². The van der Waals surface area contributed by atoms with E-state index < -0.39 is 17.7 Å². The molecule has 6 heteroatoms. The van der Waals surface area contributed by atoms with Crippen molar-refractivity contribution in [2.45, 2.75) is 13.1 Å². The van der Waals surface area contributed by atoms with Crippen molar-refractivity contribution in [3.05, 3.63) is 11.8 Å². The molecule has 0 aromatic rings. The van der Waals surface area contributed by atoms with Crippen molar-refractivity contribution in [1.82, 2.24) is 10.4 Å². The van der Waals surface area contributed by atoms with Crippen LogP contribution in [0.15, 0.2) is 11.8 Å². The summed E-state index contributed by atoms with van der Waals surface area (Å²) in [6.45, 7) is 1.06. The minimum atomic E-state index is -4.53. The molecule has 0 fully saturated rings. The summed E-state index contributed by atoms with van der Waals surface area (Å²) in [5.74, 6) is -0.651. The van der Waals surface area contributed by atoms with Crippen LogP contribution in [0.3, 0.4) is 0 Å². The second kappa shape index (κ2) is 4.27. The number of hydrogen-bond acceptors (Lipinski definition) is 3. The van der Waals surface area contributed by atoms with Crippen molar-refractivity contribution in [2.24, 2.45) is 0 Å². The highest BCUT2D eigenvalue weighted by Crippen LogP contribution is 2.23. The third kappa shape index (κ3) is 5.24. The van der Waals surface area contributed by atoms with Gasteiger partial charge >= 0.3 is 6.18 Å². The van der Waals surface area contributed by atoms with Crippen LogP contribution in [-0.4, -0.2) is 31.1 Å². The fourth-order valence-corrected chi connectivity index (χ4v) is 0.622. The molecule has 0 aromatic heterocycles. The molecule has 0 spiro atoms. The second-order valence-electron chi connectivity index (χ2n) is 2.67. The molecule has 13 heavy (non-hydrogen) atoms. The predicted octanol–water partition coefficient (Wildman–Crippen LogP) is 1.09. The van der Waals surface area contributed by atoms with Gasteiger partial charge in [-0.3, -0.25) is 4.79 Å². The van der Waals surface area contributed by atoms with E-state index in [2.05, 4.69) is 0 Å². The number of nitrogens with one attached hydrogen (secondary N) is 1. The van der Waals surface area contributed by atoms with Gasteiger partial charge in [-0.25, -0.2) is 5.01 Å². The zero-order chi connectivity index (χ0) is 10.6. The number of ketones is 1. The summed E-state index contributed by atoms with van der Waals surface area (Å²) in [6, 6.07) is 0. The Morgan fingerprint density at radius 2 is 1.85 bits per heavy atom. The van der Waals surface area contributed by atoms with Crippen molar-refractivity contribution in [3.8, 4) is 0 Å². The van der Waals surface area contributed by atoms with E-state index in [-0.39, 0.29) is 0 Å². The van der Waals surface area contributed by atoms with Gasteiger partial charge in [-0.15, -0.1) is 0 Å². The van der Waals surface area contributed by atoms with Gasteiger partial charge in [0.05, 0.1) is 0 Å². The molecule has 0 aliphatic heterocycles. The Kier molecular flexibility index (Phi) is 3.93. The number of rotatable bonds is 3. The normalized spacial score (nSPS) is 13.3. The van der Waals surface area contributed by atoms with Gasteiger partial charge in [0.1, 0.15) is 5.70 Å². The Hall–Kier alpha value is -1.04. The number of allylic oxidation sites excluding steroid dienone is 2. The number of hydrazine groups is 1. The first kappa shape index (κ1) is 12.0. The van der Waals surface area contributed by atoms with Crippen molar-refractivity contribution >= 4 is 5.78 Å². The maximum Gasteiger partial charge on any atom is 0.432 e. The topological polar surface area (TPSA) is 32.3 Å². The molecule has 0 aliphatic carbocycles. The van der Waals surface area contributed by atoms with Crippen LogP contribution in [-0.2, 0) is 4.79 Å². The fourth-order valence-electron chi connectivity index (χ4n) is 0.622. The minimum Gasteiger partial charge on any atom is -0.315 e. The van der Waals surface area contributed by atoms with Crippen LogP contribution in [0.5, 0.6) is 0 Å². The number of hydrogen-bond donors (Lipinski definition) is 1. The molecule has 0 bridgehead atoms. The van der Waals surface area contributed by atoms with Gasteiger partial charge in [-0.2, -0.15) is 13.2 Å². The Bertz CT molecular complexity index is 220. The van der Waals surface area contributed by atoms with Gasteiger partial charge in [0.2, 0.25) is 0 Å². The van der Waals surface area contributed by atoms with Crippen LogP contribution in [0, 0.1) is 0 Å². The standard InChI is InChI=1S/C7H11F3N2O/c1-5(13)4-6(7(8,9)10)11-12(2)3/h4,11H,1-3H3/b6-4+. The molecule has 76 valence electrons. The summed E-state index contributed by atoms with van der Waals surface area (Å²) in [5.41, 5.74) is 0.935. The molecule has 0 amide bonds. The number of nitrogens with zero attached hydrogens (tertiary/aromatic N) is 1. The van der Waals surface area contributed by atoms with E-state index in [1.54, 1.807) is 0 Å². The summed E-state index contributed by atoms with van der Waals surface area (Å²) >= 11 is 0. The second-order valence-corrected chi connectivity index (χ2v) is 2.67. The van der Waals surface area contributed by atoms with E-state index in [1.165, 1.54) is 14.1 Å². The van der Waals surface area contributed by atoms with Crippen LogP contribution in [0.4, 0.5) is 13.2 Å². The van der Waals surface area contributed by atoms with Gasteiger partial charge in [-0.05, 0) is 6.92 Å². The van der Waals surface area contributed by atoms with Gasteiger partial charge in [0.15, 0.2) is 5.78 Å². The number of alkyl halides is 3. The number of halogens is 3. The molecule has 0 aliphatic rings. The maximum atomic E-state index is 12.1. The summed E-state index contributed by atoms with van der Waals surface area (Å²) in [4.78, 5) is 10.4. The molecule has 0 aromatic carbocycles. The van der Waals surface area contributed by atoms with Gasteiger partial charge in [-0.1, -0.05) is 0 Å². The van der Waals surface area contributed by atoms with Crippen LogP contribution >= 0.6 is 0 Å². The highest BCUT2D eigenvalue weighted by Gasteiger charge is 2.34. The summed E-state index contributed by atoms with van der Waals surface area (Å²) < 4.78 is 36.4. The van der Waals surface area contributed by atoms with Crippen LogP contribution in [0.1, 0.15) is 6.92 Å². The quantitative estimate of drug-likeness (QED) is 0.541. The van der Waals surface area contributed by atoms with Gasteiger partial charge in [0.25, 0.3) is 0 Å². The van der Waals surface area contributed by atoms with E-state index in [1.807, 2.05) is 5.43 Å². The lowest BCUT2D eigenvalue weighted by Crippen LogP contribution is -2.36. The van der Waals surface area contributed by atoms with Crippen molar-refractivity contribution < 1.29 is 18.0 Å². The third-order valence-electron chi connectivity index (χ3n) is 0.997. The van der Waals surface area contributed by atoms with Crippen LogP contribution in [0.2, 0.25) is 0 Å². The maximum absolute atomic E-state index is 12.1. The molecule has 0 rings (SSSR count). The Morgan fingerprint density at radius 3 is 2.08 bits per heavy atom. The van der Waals surface area contributed by atoms with Crippen molar-refractivity contribution in [1.29, 1.82) is 0 Å². The first-order valence-electron chi connectivity index (χ1n) is 3.47. The average molecular weight is 196 g/mol. The molecular formula is C7H11F3N2O. The Morgan fingerprint density at radius 1 is 1.38 bits per heavy atom. The van der Waals surface area contributed by atoms with E-state index in [0.717, 1.165) is 11.9 Å². The van der Waals surface area contributed by atoms with E-state index in [4.69, 9.17) is 0 Å². The minimum absolute atomic E-state index is 0.514. The molecule has 0 unspecified atom stereocenters. The molecule has 0 heterocycles. The molecule has 0 saturated carbocycles. The molecular weight excluding hydrogens is 185 g/mol. The SMILES string of the molecule is CC(=O)/C=C(/NN(C)C)C(F)(F)F. The van der Waals surface area contributed by atoms with E-state index >= 15 is 0 Å². The lowest BCUT2D eigenvalue weighted by Gasteiger charge is -2.18. The molecule has 0 saturated heterocycles. The zero-order valence-corrected chi connectivity index (χ0v) is 7.57. The predicted molar refractivity (Wildman–Crippen MR) is 41.6 cm³/mol. The molecule has 1 N–H and O–H groups in total. The van der Waals surface area contributed by atoms with E-state index in [9.17, 15) is 18.0 Å². The van der Waals surface area contributed by atoms with Crippen molar-refractivity contribution in [2.75, 3.05) is 14.1 Å². The zero-order valence-electron chi connectivity index (χ0n) is 7.57.